The van der Waals surface area contributed by atoms with Crippen molar-refractivity contribution in [1.29, 1.82) is 0 Å². The Kier molecular flexibility index (Phi) is 5.81. The Morgan fingerprint density at radius 2 is 2.09 bits per heavy atom. The van der Waals surface area contributed by atoms with Gasteiger partial charge in [-0.3, -0.25) is 9.59 Å². The summed E-state index contributed by atoms with van der Waals surface area (Å²) in [6.07, 6.45) is 3.23. The van der Waals surface area contributed by atoms with Crippen molar-refractivity contribution in [3.05, 3.63) is 23.3 Å². The van der Waals surface area contributed by atoms with Gasteiger partial charge in [0, 0.05) is 18.9 Å². The van der Waals surface area contributed by atoms with E-state index in [-0.39, 0.29) is 11.8 Å². The molecule has 22 heavy (non-hydrogen) atoms. The molecule has 1 aromatic carbocycles. The van der Waals surface area contributed by atoms with E-state index in [4.69, 9.17) is 14.2 Å². The minimum atomic E-state index is -0.209. The average molecular weight is 306 g/mol. The van der Waals surface area contributed by atoms with Crippen molar-refractivity contribution >= 4 is 11.8 Å². The van der Waals surface area contributed by atoms with Gasteiger partial charge in [-0.25, -0.2) is 0 Å². The minimum Gasteiger partial charge on any atom is -0.496 e. The number of benzene rings is 1. The molecule has 0 amide bonds. The first-order chi connectivity index (χ1) is 10.7. The molecule has 0 bridgehead atoms. The maximum absolute atomic E-state index is 12.0. The highest BCUT2D eigenvalue weighted by molar-refractivity contribution is 6.01. The van der Waals surface area contributed by atoms with Crippen LogP contribution in [0.2, 0.25) is 0 Å². The molecule has 0 aromatic heterocycles. The lowest BCUT2D eigenvalue weighted by molar-refractivity contribution is -0.143. The third-order valence-electron chi connectivity index (χ3n) is 3.61. The lowest BCUT2D eigenvalue weighted by atomic mass is 9.90. The van der Waals surface area contributed by atoms with Crippen molar-refractivity contribution in [3.63, 3.8) is 0 Å². The molecular formula is C17H22O5. The van der Waals surface area contributed by atoms with Gasteiger partial charge in [-0.05, 0) is 37.8 Å². The molecule has 0 fully saturated rings. The van der Waals surface area contributed by atoms with E-state index in [1.165, 1.54) is 0 Å². The first kappa shape index (κ1) is 16.3. The van der Waals surface area contributed by atoms with E-state index in [2.05, 4.69) is 0 Å². The van der Waals surface area contributed by atoms with Crippen LogP contribution in [0.15, 0.2) is 12.1 Å². The smallest absolute Gasteiger partial charge is 0.305 e. The van der Waals surface area contributed by atoms with Crippen molar-refractivity contribution in [1.82, 2.24) is 0 Å². The minimum absolute atomic E-state index is 0.131. The van der Waals surface area contributed by atoms with E-state index >= 15 is 0 Å². The third kappa shape index (κ3) is 4.00. The van der Waals surface area contributed by atoms with Crippen LogP contribution in [0.4, 0.5) is 0 Å². The van der Waals surface area contributed by atoms with Crippen LogP contribution in [0.25, 0.3) is 0 Å². The van der Waals surface area contributed by atoms with Crippen molar-refractivity contribution in [3.8, 4) is 11.5 Å². The van der Waals surface area contributed by atoms with Crippen LogP contribution in [0, 0.1) is 0 Å². The second-order valence-electron chi connectivity index (χ2n) is 5.19. The standard InChI is InChI=1S/C17H22O5/c1-3-21-16(19)8-5-9-22-13-10-12-6-4-7-14(18)17(12)15(11-13)20-2/h10-11H,3-9H2,1-2H3. The van der Waals surface area contributed by atoms with Crippen molar-refractivity contribution in [2.75, 3.05) is 20.3 Å². The number of carbonyl (C=O) groups is 2. The van der Waals surface area contributed by atoms with Gasteiger partial charge < -0.3 is 14.2 Å². The second-order valence-corrected chi connectivity index (χ2v) is 5.19. The molecule has 0 saturated heterocycles. The number of carbonyl (C=O) groups excluding carboxylic acids is 2. The summed E-state index contributed by atoms with van der Waals surface area (Å²) in [5.41, 5.74) is 1.67. The number of hydrogen-bond donors (Lipinski definition) is 0. The molecule has 0 N–H and O–H groups in total. The third-order valence-corrected chi connectivity index (χ3v) is 3.61. The van der Waals surface area contributed by atoms with Crippen molar-refractivity contribution < 1.29 is 23.8 Å². The van der Waals surface area contributed by atoms with Crippen LogP contribution in [-0.2, 0) is 16.0 Å². The number of esters is 1. The molecule has 0 heterocycles. The molecule has 1 aromatic rings. The van der Waals surface area contributed by atoms with Crippen LogP contribution >= 0.6 is 0 Å². The highest BCUT2D eigenvalue weighted by Crippen LogP contribution is 2.34. The van der Waals surface area contributed by atoms with E-state index in [9.17, 15) is 9.59 Å². The predicted molar refractivity (Wildman–Crippen MR) is 81.6 cm³/mol. The van der Waals surface area contributed by atoms with Crippen LogP contribution in [-0.4, -0.2) is 32.1 Å². The summed E-state index contributed by atoms with van der Waals surface area (Å²) in [5, 5.41) is 0. The first-order valence-corrected chi connectivity index (χ1v) is 7.68. The Morgan fingerprint density at radius 1 is 1.27 bits per heavy atom. The fraction of sp³-hybridized carbons (Fsp3) is 0.529. The quantitative estimate of drug-likeness (QED) is 0.572. The van der Waals surface area contributed by atoms with Crippen LogP contribution in [0.3, 0.4) is 0 Å². The number of hydrogen-bond acceptors (Lipinski definition) is 5. The molecule has 120 valence electrons. The number of rotatable bonds is 7. The first-order valence-electron chi connectivity index (χ1n) is 7.68. The molecule has 0 aliphatic heterocycles. The molecular weight excluding hydrogens is 284 g/mol. The predicted octanol–water partition coefficient (Wildman–Crippen LogP) is 2.94. The zero-order valence-corrected chi connectivity index (χ0v) is 13.1. The largest absolute Gasteiger partial charge is 0.496 e. The summed E-state index contributed by atoms with van der Waals surface area (Å²) in [6, 6.07) is 3.64. The summed E-state index contributed by atoms with van der Waals surface area (Å²) < 4.78 is 15.9. The summed E-state index contributed by atoms with van der Waals surface area (Å²) in [7, 11) is 1.56. The topological polar surface area (TPSA) is 61.8 Å². The average Bonchev–Trinajstić information content (AvgIpc) is 2.51. The van der Waals surface area contributed by atoms with Gasteiger partial charge in [0.2, 0.25) is 0 Å². The van der Waals surface area contributed by atoms with Crippen LogP contribution in [0.1, 0.15) is 48.5 Å². The second kappa shape index (κ2) is 7.82. The van der Waals surface area contributed by atoms with E-state index in [0.29, 0.717) is 49.5 Å². The summed E-state index contributed by atoms with van der Waals surface area (Å²) in [5.74, 6) is 1.17. The fourth-order valence-electron chi connectivity index (χ4n) is 2.61. The maximum atomic E-state index is 12.0. The van der Waals surface area contributed by atoms with Crippen LogP contribution < -0.4 is 9.47 Å². The SMILES string of the molecule is CCOC(=O)CCCOc1cc2c(c(OC)c1)C(=O)CCC2. The number of ether oxygens (including phenoxy) is 3. The molecule has 0 unspecified atom stereocenters. The molecule has 0 atom stereocenters. The lowest BCUT2D eigenvalue weighted by Crippen LogP contribution is -2.13. The molecule has 2 rings (SSSR count). The monoisotopic (exact) mass is 306 g/mol. The fourth-order valence-corrected chi connectivity index (χ4v) is 2.61. The Bertz CT molecular complexity index is 533. The Labute approximate surface area is 130 Å². The van der Waals surface area contributed by atoms with E-state index in [1.807, 2.05) is 6.07 Å². The molecule has 0 saturated carbocycles. The summed E-state index contributed by atoms with van der Waals surface area (Å²) in [4.78, 5) is 23.2. The van der Waals surface area contributed by atoms with Gasteiger partial charge >= 0.3 is 5.97 Å². The van der Waals surface area contributed by atoms with Crippen molar-refractivity contribution in [2.24, 2.45) is 0 Å². The number of methoxy groups -OCH3 is 1. The zero-order valence-electron chi connectivity index (χ0n) is 13.1. The molecule has 0 radical (unpaired) electrons. The normalized spacial score (nSPS) is 13.5. The molecule has 5 nitrogen and oxygen atoms in total. The number of ketones is 1. The Morgan fingerprint density at radius 3 is 2.82 bits per heavy atom. The Hall–Kier alpha value is -2.04. The highest BCUT2D eigenvalue weighted by Gasteiger charge is 2.22. The van der Waals surface area contributed by atoms with Crippen LogP contribution in [0.5, 0.6) is 11.5 Å². The van der Waals surface area contributed by atoms with Gasteiger partial charge in [0.15, 0.2) is 5.78 Å². The maximum Gasteiger partial charge on any atom is 0.305 e. The summed E-state index contributed by atoms with van der Waals surface area (Å²) >= 11 is 0. The molecule has 5 heteroatoms. The number of fused-ring (bicyclic) bond motifs is 1. The van der Waals surface area contributed by atoms with Gasteiger partial charge in [0.25, 0.3) is 0 Å². The Balaban J connectivity index is 1.97. The van der Waals surface area contributed by atoms with Gasteiger partial charge in [0.1, 0.15) is 11.5 Å². The van der Waals surface area contributed by atoms with Gasteiger partial charge in [0.05, 0.1) is 25.9 Å². The van der Waals surface area contributed by atoms with Crippen molar-refractivity contribution in [2.45, 2.75) is 39.0 Å². The molecule has 0 spiro atoms. The van der Waals surface area contributed by atoms with E-state index < -0.39 is 0 Å². The summed E-state index contributed by atoms with van der Waals surface area (Å²) in [6.45, 7) is 2.61. The van der Waals surface area contributed by atoms with Gasteiger partial charge in [-0.2, -0.15) is 0 Å². The van der Waals surface area contributed by atoms with E-state index in [0.717, 1.165) is 18.4 Å². The number of aryl methyl sites for hydroxylation is 1. The lowest BCUT2D eigenvalue weighted by Gasteiger charge is -2.19. The van der Waals surface area contributed by atoms with E-state index in [1.54, 1.807) is 20.1 Å². The highest BCUT2D eigenvalue weighted by atomic mass is 16.5. The van der Waals surface area contributed by atoms with Gasteiger partial charge in [-0.1, -0.05) is 0 Å². The molecule has 1 aliphatic rings. The molecule has 1 aliphatic carbocycles. The van der Waals surface area contributed by atoms with Gasteiger partial charge in [-0.15, -0.1) is 0 Å². The number of Topliss-reactive ketones (excluding diaryl/α,β-unsaturated/α-hetero) is 1. The zero-order chi connectivity index (χ0) is 15.9.